The van der Waals surface area contributed by atoms with Crippen molar-refractivity contribution in [1.82, 2.24) is 10.2 Å². The lowest BCUT2D eigenvalue weighted by molar-refractivity contribution is -0.118. The minimum atomic E-state index is -0.308. The lowest BCUT2D eigenvalue weighted by atomic mass is 10.1. The van der Waals surface area contributed by atoms with Crippen molar-refractivity contribution >= 4 is 45.7 Å². The summed E-state index contributed by atoms with van der Waals surface area (Å²) >= 11 is 9.20. The van der Waals surface area contributed by atoms with Crippen LogP contribution < -0.4 is 10.1 Å². The smallest absolute Gasteiger partial charge is 0.264 e. The minimum absolute atomic E-state index is 0.153. The normalized spacial score (nSPS) is 10.5. The van der Waals surface area contributed by atoms with Crippen molar-refractivity contribution in [2.75, 3.05) is 17.7 Å². The number of benzene rings is 2. The van der Waals surface area contributed by atoms with E-state index in [2.05, 4.69) is 15.5 Å². The molecular weight excluding hydrogens is 390 g/mol. The Hall–Kier alpha value is -2.09. The average Bonchev–Trinajstić information content (AvgIpc) is 3.08. The second kappa shape index (κ2) is 9.02. The number of hydrogen-bond donors (Lipinski definition) is 1. The molecule has 2 aromatic carbocycles. The summed E-state index contributed by atoms with van der Waals surface area (Å²) in [5.74, 6) is 1.06. The Morgan fingerprint density at radius 1 is 1.19 bits per heavy atom. The molecule has 3 aromatic rings. The molecule has 26 heavy (non-hydrogen) atoms. The van der Waals surface area contributed by atoms with Gasteiger partial charge in [-0.1, -0.05) is 78.0 Å². The third-order valence-electron chi connectivity index (χ3n) is 3.32. The molecule has 0 atom stereocenters. The number of nitrogens with zero attached hydrogens (tertiary/aromatic N) is 2. The number of amides is 1. The van der Waals surface area contributed by atoms with Gasteiger partial charge in [-0.25, -0.2) is 0 Å². The summed E-state index contributed by atoms with van der Waals surface area (Å²) in [6.07, 6.45) is 0. The van der Waals surface area contributed by atoms with Crippen LogP contribution in [-0.4, -0.2) is 28.5 Å². The molecule has 0 unspecified atom stereocenters. The van der Waals surface area contributed by atoms with Gasteiger partial charge in [-0.3, -0.25) is 10.1 Å². The number of aromatic nitrogens is 2. The quantitative estimate of drug-likeness (QED) is 0.443. The molecule has 0 radical (unpaired) electrons. The fourth-order valence-electron chi connectivity index (χ4n) is 2.17. The molecule has 0 aliphatic rings. The van der Waals surface area contributed by atoms with E-state index in [1.807, 2.05) is 49.4 Å². The highest BCUT2D eigenvalue weighted by Crippen LogP contribution is 2.30. The lowest BCUT2D eigenvalue weighted by Gasteiger charge is -2.09. The van der Waals surface area contributed by atoms with E-state index in [9.17, 15) is 4.79 Å². The van der Waals surface area contributed by atoms with Crippen LogP contribution in [0.4, 0.5) is 5.13 Å². The maximum Gasteiger partial charge on any atom is 0.264 e. The molecule has 1 N–H and O–H groups in total. The number of nitrogens with one attached hydrogen (secondary N) is 1. The lowest BCUT2D eigenvalue weighted by Crippen LogP contribution is -2.20. The van der Waals surface area contributed by atoms with Crippen LogP contribution in [0.3, 0.4) is 0 Å². The Morgan fingerprint density at radius 3 is 2.73 bits per heavy atom. The van der Waals surface area contributed by atoms with Gasteiger partial charge < -0.3 is 4.74 Å². The number of halogens is 1. The summed E-state index contributed by atoms with van der Waals surface area (Å²) in [6, 6.07) is 15.4. The van der Waals surface area contributed by atoms with Crippen LogP contribution in [-0.2, 0) is 4.79 Å². The van der Waals surface area contributed by atoms with Gasteiger partial charge in [0.1, 0.15) is 5.75 Å². The Balaban J connectivity index is 1.57. The van der Waals surface area contributed by atoms with Gasteiger partial charge in [-0.2, -0.15) is 0 Å². The minimum Gasteiger partial charge on any atom is -0.482 e. The van der Waals surface area contributed by atoms with Crippen molar-refractivity contribution in [3.8, 4) is 16.9 Å². The number of hydrogen-bond acceptors (Lipinski definition) is 6. The Labute approximate surface area is 164 Å². The fraction of sp³-hybridized carbons (Fsp3) is 0.167. The van der Waals surface area contributed by atoms with E-state index in [-0.39, 0.29) is 12.5 Å². The van der Waals surface area contributed by atoms with Crippen molar-refractivity contribution in [1.29, 1.82) is 0 Å². The molecule has 0 aliphatic heterocycles. The molecule has 0 saturated heterocycles. The van der Waals surface area contributed by atoms with Gasteiger partial charge in [0.15, 0.2) is 10.9 Å². The molecule has 0 saturated carbocycles. The Bertz CT molecular complexity index is 887. The van der Waals surface area contributed by atoms with E-state index in [0.717, 1.165) is 21.2 Å². The maximum atomic E-state index is 12.0. The van der Waals surface area contributed by atoms with E-state index in [4.69, 9.17) is 16.3 Å². The number of rotatable bonds is 7. The first-order chi connectivity index (χ1) is 12.7. The molecule has 1 heterocycles. The number of carbonyl (C=O) groups excluding carboxylic acids is 1. The van der Waals surface area contributed by atoms with Crippen LogP contribution in [0.15, 0.2) is 52.9 Å². The van der Waals surface area contributed by atoms with Gasteiger partial charge in [-0.05, 0) is 29.0 Å². The predicted molar refractivity (Wildman–Crippen MR) is 107 cm³/mol. The van der Waals surface area contributed by atoms with Crippen LogP contribution >= 0.6 is 34.7 Å². The zero-order valence-corrected chi connectivity index (χ0v) is 16.3. The van der Waals surface area contributed by atoms with Crippen LogP contribution in [0.2, 0.25) is 5.02 Å². The highest BCUT2D eigenvalue weighted by molar-refractivity contribution is 8.01. The van der Waals surface area contributed by atoms with Gasteiger partial charge in [0.05, 0.1) is 5.02 Å². The van der Waals surface area contributed by atoms with Crippen LogP contribution in [0, 0.1) is 0 Å². The first-order valence-electron chi connectivity index (χ1n) is 7.89. The molecule has 8 heteroatoms. The average molecular weight is 406 g/mol. The van der Waals surface area contributed by atoms with Gasteiger partial charge in [0, 0.05) is 0 Å². The number of ether oxygens (including phenoxy) is 1. The molecular formula is C18H16ClN3O2S2. The largest absolute Gasteiger partial charge is 0.482 e. The molecule has 3 rings (SSSR count). The van der Waals surface area contributed by atoms with E-state index >= 15 is 0 Å². The molecule has 0 aliphatic carbocycles. The second-order valence-electron chi connectivity index (χ2n) is 5.15. The summed E-state index contributed by atoms with van der Waals surface area (Å²) in [6.45, 7) is 1.88. The van der Waals surface area contributed by atoms with E-state index in [1.54, 1.807) is 17.8 Å². The van der Waals surface area contributed by atoms with Crippen molar-refractivity contribution in [2.45, 2.75) is 11.3 Å². The predicted octanol–water partition coefficient (Wildman–Crippen LogP) is 4.99. The molecule has 1 amide bonds. The summed E-state index contributed by atoms with van der Waals surface area (Å²) in [7, 11) is 0. The van der Waals surface area contributed by atoms with E-state index in [1.165, 1.54) is 11.3 Å². The number of anilines is 1. The molecule has 1 aromatic heterocycles. The number of thioether (sulfide) groups is 1. The highest BCUT2D eigenvalue weighted by atomic mass is 35.5. The second-order valence-corrected chi connectivity index (χ2v) is 8.05. The Kier molecular flexibility index (Phi) is 6.49. The zero-order valence-electron chi connectivity index (χ0n) is 13.9. The molecule has 5 nitrogen and oxygen atoms in total. The van der Waals surface area contributed by atoms with Crippen LogP contribution in [0.5, 0.6) is 5.75 Å². The van der Waals surface area contributed by atoms with Crippen molar-refractivity contribution < 1.29 is 9.53 Å². The maximum absolute atomic E-state index is 12.0. The first kappa shape index (κ1) is 18.7. The topological polar surface area (TPSA) is 64.1 Å². The van der Waals surface area contributed by atoms with Crippen molar-refractivity contribution in [2.24, 2.45) is 0 Å². The van der Waals surface area contributed by atoms with Gasteiger partial charge in [-0.15, -0.1) is 10.2 Å². The third kappa shape index (κ3) is 4.97. The summed E-state index contributed by atoms with van der Waals surface area (Å²) < 4.78 is 6.35. The summed E-state index contributed by atoms with van der Waals surface area (Å²) in [4.78, 5) is 12.0. The molecule has 0 bridgehead atoms. The van der Waals surface area contributed by atoms with Crippen LogP contribution in [0.25, 0.3) is 11.1 Å². The van der Waals surface area contributed by atoms with E-state index < -0.39 is 0 Å². The third-order valence-corrected chi connectivity index (χ3v) is 5.47. The number of carbonyl (C=O) groups is 1. The van der Waals surface area contributed by atoms with Gasteiger partial charge in [0.25, 0.3) is 5.91 Å². The first-order valence-corrected chi connectivity index (χ1v) is 10.1. The molecule has 0 fully saturated rings. The molecule has 0 spiro atoms. The monoisotopic (exact) mass is 405 g/mol. The fourth-order valence-corrected chi connectivity index (χ4v) is 4.07. The highest BCUT2D eigenvalue weighted by Gasteiger charge is 2.11. The Morgan fingerprint density at radius 2 is 2.00 bits per heavy atom. The van der Waals surface area contributed by atoms with Crippen molar-refractivity contribution in [3.63, 3.8) is 0 Å². The molecule has 134 valence electrons. The SMILES string of the molecule is CCSc1nnc(NC(=O)COc2ccc(-c3ccccc3)cc2Cl)s1. The standard InChI is InChI=1S/C18H16ClN3O2S2/c1-2-25-18-22-21-17(26-18)20-16(23)11-24-15-9-8-13(10-14(15)19)12-6-4-3-5-7-12/h3-10H,2,11H2,1H3,(H,20,21,23). The van der Waals surface area contributed by atoms with Crippen LogP contribution in [0.1, 0.15) is 6.92 Å². The van der Waals surface area contributed by atoms with Crippen molar-refractivity contribution in [3.05, 3.63) is 53.6 Å². The van der Waals surface area contributed by atoms with Gasteiger partial charge in [0.2, 0.25) is 5.13 Å². The van der Waals surface area contributed by atoms with E-state index in [0.29, 0.717) is 15.9 Å². The summed E-state index contributed by atoms with van der Waals surface area (Å²) in [5.41, 5.74) is 2.05. The zero-order chi connectivity index (χ0) is 18.4. The summed E-state index contributed by atoms with van der Waals surface area (Å²) in [5, 5.41) is 11.5. The van der Waals surface area contributed by atoms with Gasteiger partial charge >= 0.3 is 0 Å².